The lowest BCUT2D eigenvalue weighted by Gasteiger charge is -2.25. The Bertz CT molecular complexity index is 359. The van der Waals surface area contributed by atoms with Crippen molar-refractivity contribution in [2.75, 3.05) is 0 Å². The minimum absolute atomic E-state index is 0.441. The van der Waals surface area contributed by atoms with E-state index in [0.29, 0.717) is 13.0 Å². The number of hydrogen-bond donors (Lipinski definition) is 2. The summed E-state index contributed by atoms with van der Waals surface area (Å²) in [6.45, 7) is 5.98. The Kier molecular flexibility index (Phi) is 4.12. The van der Waals surface area contributed by atoms with Crippen LogP contribution in [0.4, 0.5) is 0 Å². The summed E-state index contributed by atoms with van der Waals surface area (Å²) in [5.74, 6) is 0.781. The van der Waals surface area contributed by atoms with E-state index in [4.69, 9.17) is 9.52 Å². The number of hydrogen-bond acceptors (Lipinski definition) is 3. The van der Waals surface area contributed by atoms with Crippen molar-refractivity contribution in [1.29, 1.82) is 0 Å². The first kappa shape index (κ1) is 12.8. The molecule has 0 saturated carbocycles. The maximum absolute atomic E-state index is 11.1. The van der Waals surface area contributed by atoms with Crippen molar-refractivity contribution in [2.24, 2.45) is 0 Å². The Morgan fingerprint density at radius 3 is 2.69 bits per heavy atom. The van der Waals surface area contributed by atoms with Crippen molar-refractivity contribution in [3.63, 3.8) is 0 Å². The molecule has 0 spiro atoms. The first-order valence-electron chi connectivity index (χ1n) is 5.51. The number of aliphatic carboxylic acids is 1. The molecule has 1 aromatic heterocycles. The SMILES string of the molecule is CCCC(C)(NCc1ccc(C)o1)C(=O)O. The van der Waals surface area contributed by atoms with Gasteiger partial charge in [0.25, 0.3) is 0 Å². The molecule has 4 heteroatoms. The van der Waals surface area contributed by atoms with Gasteiger partial charge < -0.3 is 9.52 Å². The van der Waals surface area contributed by atoms with Crippen LogP contribution in [0, 0.1) is 6.92 Å². The standard InChI is InChI=1S/C12H19NO3/c1-4-7-12(3,11(14)15)13-8-10-6-5-9(2)16-10/h5-6,13H,4,7-8H2,1-3H3,(H,14,15). The third kappa shape index (κ3) is 3.10. The van der Waals surface area contributed by atoms with E-state index >= 15 is 0 Å². The van der Waals surface area contributed by atoms with Gasteiger partial charge in [-0.25, -0.2) is 0 Å². The molecule has 0 aliphatic rings. The second-order valence-corrected chi connectivity index (χ2v) is 4.25. The number of aryl methyl sites for hydroxylation is 1. The molecule has 16 heavy (non-hydrogen) atoms. The van der Waals surface area contributed by atoms with Crippen molar-refractivity contribution >= 4 is 5.97 Å². The van der Waals surface area contributed by atoms with Crippen LogP contribution in [-0.4, -0.2) is 16.6 Å². The molecule has 1 atom stereocenters. The van der Waals surface area contributed by atoms with Crippen LogP contribution in [0.2, 0.25) is 0 Å². The molecule has 0 aromatic carbocycles. The fraction of sp³-hybridized carbons (Fsp3) is 0.583. The number of carbonyl (C=O) groups is 1. The smallest absolute Gasteiger partial charge is 0.323 e. The lowest BCUT2D eigenvalue weighted by atomic mass is 9.96. The van der Waals surface area contributed by atoms with Gasteiger partial charge in [0.2, 0.25) is 0 Å². The molecule has 0 aliphatic heterocycles. The van der Waals surface area contributed by atoms with Crippen molar-refractivity contribution in [1.82, 2.24) is 5.32 Å². The monoisotopic (exact) mass is 225 g/mol. The lowest BCUT2D eigenvalue weighted by molar-refractivity contribution is -0.144. The van der Waals surface area contributed by atoms with E-state index in [1.165, 1.54) is 0 Å². The average molecular weight is 225 g/mol. The average Bonchev–Trinajstić information content (AvgIpc) is 2.61. The van der Waals surface area contributed by atoms with Gasteiger partial charge in [-0.15, -0.1) is 0 Å². The van der Waals surface area contributed by atoms with Gasteiger partial charge in [-0.1, -0.05) is 13.3 Å². The first-order chi connectivity index (χ1) is 7.48. The summed E-state index contributed by atoms with van der Waals surface area (Å²) in [7, 11) is 0. The van der Waals surface area contributed by atoms with Crippen molar-refractivity contribution in [3.05, 3.63) is 23.7 Å². The van der Waals surface area contributed by atoms with Crippen LogP contribution in [0.25, 0.3) is 0 Å². The van der Waals surface area contributed by atoms with Gasteiger partial charge in [-0.05, 0) is 32.4 Å². The summed E-state index contributed by atoms with van der Waals surface area (Å²) in [5.41, 5.74) is -0.880. The van der Waals surface area contributed by atoms with Gasteiger partial charge >= 0.3 is 5.97 Å². The van der Waals surface area contributed by atoms with Crippen LogP contribution in [0.1, 0.15) is 38.2 Å². The van der Waals surface area contributed by atoms with E-state index in [0.717, 1.165) is 17.9 Å². The molecule has 0 amide bonds. The number of nitrogens with one attached hydrogen (secondary N) is 1. The highest BCUT2D eigenvalue weighted by atomic mass is 16.4. The molecule has 4 nitrogen and oxygen atoms in total. The molecule has 0 saturated heterocycles. The molecular formula is C12H19NO3. The van der Waals surface area contributed by atoms with E-state index in [-0.39, 0.29) is 0 Å². The number of carboxylic acids is 1. The number of furan rings is 1. The second kappa shape index (κ2) is 5.16. The van der Waals surface area contributed by atoms with E-state index < -0.39 is 11.5 Å². The van der Waals surface area contributed by atoms with Crippen molar-refractivity contribution in [2.45, 2.75) is 45.7 Å². The Hall–Kier alpha value is -1.29. The lowest BCUT2D eigenvalue weighted by Crippen LogP contribution is -2.48. The van der Waals surface area contributed by atoms with Crippen LogP contribution >= 0.6 is 0 Å². The molecule has 1 heterocycles. The Labute approximate surface area is 95.7 Å². The van der Waals surface area contributed by atoms with Crippen LogP contribution in [0.15, 0.2) is 16.5 Å². The minimum atomic E-state index is -0.880. The van der Waals surface area contributed by atoms with E-state index in [1.807, 2.05) is 26.0 Å². The van der Waals surface area contributed by atoms with Crippen LogP contribution in [-0.2, 0) is 11.3 Å². The highest BCUT2D eigenvalue weighted by Gasteiger charge is 2.31. The van der Waals surface area contributed by atoms with Crippen molar-refractivity contribution < 1.29 is 14.3 Å². The first-order valence-corrected chi connectivity index (χ1v) is 5.51. The molecule has 2 N–H and O–H groups in total. The Balaban J connectivity index is 2.60. The molecule has 1 unspecified atom stereocenters. The highest BCUT2D eigenvalue weighted by molar-refractivity contribution is 5.78. The molecule has 0 radical (unpaired) electrons. The third-order valence-electron chi connectivity index (χ3n) is 2.67. The predicted molar refractivity (Wildman–Crippen MR) is 61.2 cm³/mol. The van der Waals surface area contributed by atoms with Gasteiger partial charge in [0, 0.05) is 0 Å². The largest absolute Gasteiger partial charge is 0.480 e. The Morgan fingerprint density at radius 2 is 2.25 bits per heavy atom. The Morgan fingerprint density at radius 1 is 1.56 bits per heavy atom. The zero-order valence-electron chi connectivity index (χ0n) is 10.0. The van der Waals surface area contributed by atoms with Gasteiger partial charge in [-0.2, -0.15) is 0 Å². The van der Waals surface area contributed by atoms with E-state index in [9.17, 15) is 4.79 Å². The fourth-order valence-corrected chi connectivity index (χ4v) is 1.63. The maximum atomic E-state index is 11.1. The molecule has 1 aromatic rings. The predicted octanol–water partition coefficient (Wildman–Crippen LogP) is 2.32. The summed E-state index contributed by atoms with van der Waals surface area (Å²) in [6.07, 6.45) is 1.43. The summed E-state index contributed by atoms with van der Waals surface area (Å²) in [6, 6.07) is 3.73. The molecule has 90 valence electrons. The maximum Gasteiger partial charge on any atom is 0.323 e. The molecule has 1 rings (SSSR count). The minimum Gasteiger partial charge on any atom is -0.480 e. The molecule has 0 aliphatic carbocycles. The van der Waals surface area contributed by atoms with Crippen LogP contribution in [0.3, 0.4) is 0 Å². The normalized spacial score (nSPS) is 14.7. The third-order valence-corrected chi connectivity index (χ3v) is 2.67. The zero-order chi connectivity index (χ0) is 12.2. The summed E-state index contributed by atoms with van der Waals surface area (Å²) in [5, 5.41) is 12.2. The van der Waals surface area contributed by atoms with Gasteiger partial charge in [0.05, 0.1) is 6.54 Å². The summed E-state index contributed by atoms with van der Waals surface area (Å²) in [4.78, 5) is 11.1. The van der Waals surface area contributed by atoms with Crippen LogP contribution < -0.4 is 5.32 Å². The fourth-order valence-electron chi connectivity index (χ4n) is 1.63. The molecule has 0 fully saturated rings. The topological polar surface area (TPSA) is 62.5 Å². The molecule has 0 bridgehead atoms. The number of rotatable bonds is 6. The van der Waals surface area contributed by atoms with E-state index in [2.05, 4.69) is 5.32 Å². The highest BCUT2D eigenvalue weighted by Crippen LogP contribution is 2.14. The van der Waals surface area contributed by atoms with E-state index in [1.54, 1.807) is 6.92 Å². The zero-order valence-corrected chi connectivity index (χ0v) is 10.0. The van der Waals surface area contributed by atoms with Gasteiger partial charge in [0.1, 0.15) is 17.1 Å². The van der Waals surface area contributed by atoms with Gasteiger partial charge in [-0.3, -0.25) is 10.1 Å². The quantitative estimate of drug-likeness (QED) is 0.780. The number of carboxylic acid groups (broad SMARTS) is 1. The molecular weight excluding hydrogens is 206 g/mol. The van der Waals surface area contributed by atoms with Crippen LogP contribution in [0.5, 0.6) is 0 Å². The van der Waals surface area contributed by atoms with Gasteiger partial charge in [0.15, 0.2) is 0 Å². The summed E-state index contributed by atoms with van der Waals surface area (Å²) < 4.78 is 5.38. The summed E-state index contributed by atoms with van der Waals surface area (Å²) >= 11 is 0. The second-order valence-electron chi connectivity index (χ2n) is 4.25. The van der Waals surface area contributed by atoms with Crippen molar-refractivity contribution in [3.8, 4) is 0 Å².